The fourth-order valence-electron chi connectivity index (χ4n) is 2.03. The predicted molar refractivity (Wildman–Crippen MR) is 77.8 cm³/mol. The molecule has 104 valence electrons. The van der Waals surface area contributed by atoms with Crippen molar-refractivity contribution in [3.8, 4) is 0 Å². The van der Waals surface area contributed by atoms with Crippen LogP contribution in [0.2, 0.25) is 5.02 Å². The number of aliphatic hydroxyl groups is 1. The van der Waals surface area contributed by atoms with Crippen LogP contribution >= 0.6 is 23.4 Å². The van der Waals surface area contributed by atoms with Gasteiger partial charge in [-0.1, -0.05) is 11.6 Å². The summed E-state index contributed by atoms with van der Waals surface area (Å²) in [7, 11) is 1.67. The minimum absolute atomic E-state index is 0.0106. The molecule has 2 amide bonds. The number of fused-ring (bicyclic) bond motifs is 1. The van der Waals surface area contributed by atoms with E-state index in [1.807, 2.05) is 18.2 Å². The third-order valence-corrected chi connectivity index (χ3v) is 4.45. The molecule has 0 saturated heterocycles. The molecule has 0 saturated carbocycles. The van der Waals surface area contributed by atoms with E-state index < -0.39 is 0 Å². The van der Waals surface area contributed by atoms with Crippen molar-refractivity contribution in [3.05, 3.63) is 28.8 Å². The average molecular weight is 301 g/mol. The van der Waals surface area contributed by atoms with Crippen LogP contribution in [-0.4, -0.2) is 42.0 Å². The maximum absolute atomic E-state index is 12.0. The van der Waals surface area contributed by atoms with Gasteiger partial charge in [0.2, 0.25) is 0 Å². The number of hydrogen-bond acceptors (Lipinski definition) is 3. The molecule has 0 spiro atoms. The van der Waals surface area contributed by atoms with Gasteiger partial charge in [-0.2, -0.15) is 0 Å². The Kier molecular flexibility index (Phi) is 4.96. The Morgan fingerprint density at radius 3 is 3.16 bits per heavy atom. The number of rotatable bonds is 3. The van der Waals surface area contributed by atoms with E-state index in [0.717, 1.165) is 17.7 Å². The molecule has 1 aromatic rings. The molecule has 1 aliphatic heterocycles. The van der Waals surface area contributed by atoms with Crippen molar-refractivity contribution in [2.45, 2.75) is 17.4 Å². The summed E-state index contributed by atoms with van der Waals surface area (Å²) in [6.07, 6.45) is 0.886. The number of halogens is 1. The number of amides is 2. The molecule has 1 atom stereocenters. The van der Waals surface area contributed by atoms with Crippen molar-refractivity contribution in [1.29, 1.82) is 0 Å². The first-order valence-electron chi connectivity index (χ1n) is 6.16. The number of hydrogen-bond donors (Lipinski definition) is 2. The lowest BCUT2D eigenvalue weighted by Gasteiger charge is -2.28. The van der Waals surface area contributed by atoms with Crippen LogP contribution in [0.1, 0.15) is 18.0 Å². The van der Waals surface area contributed by atoms with Crippen LogP contribution in [0.25, 0.3) is 0 Å². The fourth-order valence-corrected chi connectivity index (χ4v) is 3.31. The van der Waals surface area contributed by atoms with Gasteiger partial charge in [0.25, 0.3) is 0 Å². The molecule has 1 aliphatic rings. The second-order valence-electron chi connectivity index (χ2n) is 4.47. The van der Waals surface area contributed by atoms with Gasteiger partial charge < -0.3 is 15.3 Å². The minimum atomic E-state index is -0.170. The largest absolute Gasteiger partial charge is 0.395 e. The summed E-state index contributed by atoms with van der Waals surface area (Å²) in [6.45, 7) is 0.294. The van der Waals surface area contributed by atoms with Crippen LogP contribution in [0.3, 0.4) is 0 Å². The molecule has 2 rings (SSSR count). The van der Waals surface area contributed by atoms with Crippen molar-refractivity contribution in [1.82, 2.24) is 10.2 Å². The van der Waals surface area contributed by atoms with Gasteiger partial charge >= 0.3 is 6.03 Å². The molecule has 1 unspecified atom stereocenters. The lowest BCUT2D eigenvalue weighted by atomic mass is 10.0. The first-order chi connectivity index (χ1) is 9.11. The van der Waals surface area contributed by atoms with Gasteiger partial charge in [0, 0.05) is 29.3 Å². The standard InChI is InChI=1S/C13H17ClN2O2S/c1-16(5-6-17)13(18)15-11-4-7-19-12-3-2-9(14)8-10(11)12/h2-3,8,11,17H,4-7H2,1H3,(H,15,18). The molecule has 19 heavy (non-hydrogen) atoms. The third kappa shape index (κ3) is 3.55. The summed E-state index contributed by atoms with van der Waals surface area (Å²) in [5.74, 6) is 0.975. The van der Waals surface area contributed by atoms with Crippen molar-refractivity contribution in [2.75, 3.05) is 26.0 Å². The highest BCUT2D eigenvalue weighted by Gasteiger charge is 2.23. The van der Waals surface area contributed by atoms with Crippen LogP contribution < -0.4 is 5.32 Å². The number of nitrogens with one attached hydrogen (secondary N) is 1. The van der Waals surface area contributed by atoms with E-state index in [9.17, 15) is 4.79 Å². The number of carbonyl (C=O) groups is 1. The summed E-state index contributed by atoms with van der Waals surface area (Å²) in [4.78, 5) is 14.6. The van der Waals surface area contributed by atoms with E-state index >= 15 is 0 Å². The van der Waals surface area contributed by atoms with E-state index in [4.69, 9.17) is 16.7 Å². The average Bonchev–Trinajstić information content (AvgIpc) is 2.39. The second kappa shape index (κ2) is 6.50. The number of likely N-dealkylation sites (N-methyl/N-ethyl adjacent to an activating group) is 1. The lowest BCUT2D eigenvalue weighted by Crippen LogP contribution is -2.41. The van der Waals surface area contributed by atoms with Crippen molar-refractivity contribution in [2.24, 2.45) is 0 Å². The molecule has 6 heteroatoms. The van der Waals surface area contributed by atoms with Gasteiger partial charge in [-0.25, -0.2) is 4.79 Å². The third-order valence-electron chi connectivity index (χ3n) is 3.09. The van der Waals surface area contributed by atoms with E-state index in [-0.39, 0.29) is 18.7 Å². The molecule has 0 fully saturated rings. The summed E-state index contributed by atoms with van der Waals surface area (Å²) >= 11 is 7.81. The Labute approximate surface area is 122 Å². The maximum atomic E-state index is 12.0. The molecule has 1 heterocycles. The van der Waals surface area contributed by atoms with Crippen LogP contribution in [0.15, 0.2) is 23.1 Å². The first kappa shape index (κ1) is 14.5. The van der Waals surface area contributed by atoms with Gasteiger partial charge in [0.1, 0.15) is 0 Å². The lowest BCUT2D eigenvalue weighted by molar-refractivity contribution is 0.186. The summed E-state index contributed by atoms with van der Waals surface area (Å²) < 4.78 is 0. The van der Waals surface area contributed by atoms with Gasteiger partial charge in [-0.3, -0.25) is 0 Å². The Morgan fingerprint density at radius 2 is 2.42 bits per heavy atom. The van der Waals surface area contributed by atoms with Gasteiger partial charge in [0.15, 0.2) is 0 Å². The van der Waals surface area contributed by atoms with Crippen LogP contribution in [0.4, 0.5) is 4.79 Å². The maximum Gasteiger partial charge on any atom is 0.317 e. The topological polar surface area (TPSA) is 52.6 Å². The van der Waals surface area contributed by atoms with E-state index in [2.05, 4.69) is 5.32 Å². The molecule has 0 radical (unpaired) electrons. The van der Waals surface area contributed by atoms with Crippen LogP contribution in [0, 0.1) is 0 Å². The Hall–Kier alpha value is -0.910. The number of urea groups is 1. The van der Waals surface area contributed by atoms with Crippen LogP contribution in [-0.2, 0) is 0 Å². The summed E-state index contributed by atoms with van der Waals surface area (Å²) in [5, 5.41) is 12.5. The highest BCUT2D eigenvalue weighted by Crippen LogP contribution is 2.37. The molecular weight excluding hydrogens is 284 g/mol. The van der Waals surface area contributed by atoms with Crippen molar-refractivity contribution in [3.63, 3.8) is 0 Å². The number of benzene rings is 1. The number of aliphatic hydroxyl groups excluding tert-OH is 1. The molecule has 1 aromatic carbocycles. The monoisotopic (exact) mass is 300 g/mol. The smallest absolute Gasteiger partial charge is 0.317 e. The fraction of sp³-hybridized carbons (Fsp3) is 0.462. The van der Waals surface area contributed by atoms with Gasteiger partial charge in [-0.15, -0.1) is 11.8 Å². The zero-order chi connectivity index (χ0) is 13.8. The number of carbonyl (C=O) groups excluding carboxylic acids is 1. The van der Waals surface area contributed by atoms with Gasteiger partial charge in [-0.05, 0) is 30.2 Å². The van der Waals surface area contributed by atoms with Crippen molar-refractivity contribution < 1.29 is 9.90 Å². The quantitative estimate of drug-likeness (QED) is 0.902. The molecular formula is C13H17ClN2O2S. The summed E-state index contributed by atoms with van der Waals surface area (Å²) in [5.41, 5.74) is 1.08. The first-order valence-corrected chi connectivity index (χ1v) is 7.53. The number of nitrogens with zero attached hydrogens (tertiary/aromatic N) is 1. The Balaban J connectivity index is 2.11. The van der Waals surface area contributed by atoms with E-state index in [1.165, 1.54) is 9.80 Å². The second-order valence-corrected chi connectivity index (χ2v) is 6.04. The number of thioether (sulfide) groups is 1. The highest BCUT2D eigenvalue weighted by atomic mass is 35.5. The predicted octanol–water partition coefficient (Wildman–Crippen LogP) is 2.51. The Bertz CT molecular complexity index is 470. The SMILES string of the molecule is CN(CCO)C(=O)NC1CCSc2ccc(Cl)cc21. The molecule has 0 aromatic heterocycles. The zero-order valence-corrected chi connectivity index (χ0v) is 12.3. The van der Waals surface area contributed by atoms with E-state index in [1.54, 1.807) is 18.8 Å². The zero-order valence-electron chi connectivity index (χ0n) is 10.7. The molecule has 0 aliphatic carbocycles. The molecule has 4 nitrogen and oxygen atoms in total. The van der Waals surface area contributed by atoms with E-state index in [0.29, 0.717) is 11.6 Å². The van der Waals surface area contributed by atoms with Crippen molar-refractivity contribution >= 4 is 29.4 Å². The summed E-state index contributed by atoms with van der Waals surface area (Å²) in [6, 6.07) is 5.61. The van der Waals surface area contributed by atoms with Gasteiger partial charge in [0.05, 0.1) is 12.6 Å². The molecule has 0 bridgehead atoms. The minimum Gasteiger partial charge on any atom is -0.395 e. The Morgan fingerprint density at radius 1 is 1.63 bits per heavy atom. The normalized spacial score (nSPS) is 17.7. The highest BCUT2D eigenvalue weighted by molar-refractivity contribution is 7.99. The molecule has 2 N–H and O–H groups in total. The van der Waals surface area contributed by atoms with Crippen LogP contribution in [0.5, 0.6) is 0 Å².